The smallest absolute Gasteiger partial charge is 0.282 e. The molecule has 1 N–H and O–H groups in total. The minimum atomic E-state index is -0.453. The molecule has 0 bridgehead atoms. The molecule has 0 aliphatic carbocycles. The summed E-state index contributed by atoms with van der Waals surface area (Å²) < 4.78 is 5.68. The molecule has 0 radical (unpaired) electrons. The first kappa shape index (κ1) is 17.0. The summed E-state index contributed by atoms with van der Waals surface area (Å²) in [5.41, 5.74) is 3.85. The number of benzene rings is 2. The van der Waals surface area contributed by atoms with Gasteiger partial charge in [0.25, 0.3) is 11.8 Å². The molecule has 0 unspecified atom stereocenters. The highest BCUT2D eigenvalue weighted by atomic mass is 35.5. The van der Waals surface area contributed by atoms with Gasteiger partial charge in [-0.3, -0.25) is 15.0 Å². The Hall–Kier alpha value is -2.79. The Labute approximate surface area is 150 Å². The van der Waals surface area contributed by atoms with Crippen molar-refractivity contribution in [3.63, 3.8) is 0 Å². The maximum absolute atomic E-state index is 12.6. The lowest BCUT2D eigenvalue weighted by Crippen LogP contribution is -2.35. The van der Waals surface area contributed by atoms with Gasteiger partial charge in [-0.05, 0) is 42.8 Å². The summed E-state index contributed by atoms with van der Waals surface area (Å²) in [6.07, 6.45) is 2.42. The fraction of sp³-hybridized carbons (Fsp3) is 0.158. The number of para-hydroxylation sites is 1. The van der Waals surface area contributed by atoms with Crippen LogP contribution in [0.1, 0.15) is 18.9 Å². The number of anilines is 1. The van der Waals surface area contributed by atoms with Crippen molar-refractivity contribution < 1.29 is 14.3 Å². The van der Waals surface area contributed by atoms with Crippen LogP contribution in [0, 0.1) is 0 Å². The molecule has 0 atom stereocenters. The zero-order valence-corrected chi connectivity index (χ0v) is 14.4. The van der Waals surface area contributed by atoms with Gasteiger partial charge in [0.2, 0.25) is 0 Å². The second kappa shape index (κ2) is 7.40. The van der Waals surface area contributed by atoms with Crippen molar-refractivity contribution in [1.82, 2.24) is 5.43 Å². The largest absolute Gasteiger partial charge is 0.493 e. The van der Waals surface area contributed by atoms with E-state index in [2.05, 4.69) is 5.43 Å². The summed E-state index contributed by atoms with van der Waals surface area (Å²) in [6, 6.07) is 14.0. The Morgan fingerprint density at radius 1 is 1.12 bits per heavy atom. The molecule has 1 aliphatic heterocycles. The fourth-order valence-electron chi connectivity index (χ4n) is 2.43. The van der Waals surface area contributed by atoms with Gasteiger partial charge in [0.1, 0.15) is 11.3 Å². The van der Waals surface area contributed by atoms with E-state index in [4.69, 9.17) is 16.3 Å². The minimum absolute atomic E-state index is 0.0579. The van der Waals surface area contributed by atoms with Crippen molar-refractivity contribution in [3.05, 3.63) is 64.7 Å². The van der Waals surface area contributed by atoms with Crippen molar-refractivity contribution in [1.29, 1.82) is 0 Å². The van der Waals surface area contributed by atoms with Crippen LogP contribution < -0.4 is 15.2 Å². The summed E-state index contributed by atoms with van der Waals surface area (Å²) in [7, 11) is 0. The van der Waals surface area contributed by atoms with E-state index in [0.29, 0.717) is 28.6 Å². The number of carbonyl (C=O) groups excluding carboxylic acids is 2. The molecule has 2 aromatic carbocycles. The molecule has 3 rings (SSSR count). The molecule has 6 heteroatoms. The van der Waals surface area contributed by atoms with Crippen LogP contribution in [0.3, 0.4) is 0 Å². The number of amides is 2. The van der Waals surface area contributed by atoms with Gasteiger partial charge in [-0.15, -0.1) is 0 Å². The van der Waals surface area contributed by atoms with E-state index in [9.17, 15) is 9.59 Å². The van der Waals surface area contributed by atoms with Crippen LogP contribution in [0.4, 0.5) is 5.69 Å². The number of nitrogens with zero attached hydrogens (tertiary/aromatic N) is 1. The Kier molecular flexibility index (Phi) is 5.05. The van der Waals surface area contributed by atoms with Gasteiger partial charge in [0.05, 0.1) is 12.3 Å². The van der Waals surface area contributed by atoms with Crippen LogP contribution in [0.25, 0.3) is 6.08 Å². The predicted molar refractivity (Wildman–Crippen MR) is 97.3 cm³/mol. The molecule has 1 fully saturated rings. The molecule has 0 saturated carbocycles. The van der Waals surface area contributed by atoms with Gasteiger partial charge in [-0.2, -0.15) is 0 Å². The molecule has 0 spiro atoms. The van der Waals surface area contributed by atoms with Crippen molar-refractivity contribution in [2.24, 2.45) is 0 Å². The molecule has 1 saturated heterocycles. The van der Waals surface area contributed by atoms with E-state index in [-0.39, 0.29) is 5.57 Å². The fourth-order valence-corrected chi connectivity index (χ4v) is 2.55. The first-order valence-corrected chi connectivity index (χ1v) is 8.32. The second-order valence-corrected chi connectivity index (χ2v) is 5.94. The third-order valence-electron chi connectivity index (χ3n) is 3.66. The number of ether oxygens (including phenoxy) is 1. The Morgan fingerprint density at radius 3 is 2.56 bits per heavy atom. The number of carbonyl (C=O) groups is 2. The number of hydrogen-bond acceptors (Lipinski definition) is 3. The monoisotopic (exact) mass is 356 g/mol. The third-order valence-corrected chi connectivity index (χ3v) is 3.91. The minimum Gasteiger partial charge on any atom is -0.493 e. The molecule has 1 heterocycles. The lowest BCUT2D eigenvalue weighted by atomic mass is 10.1. The SMILES string of the molecule is CCCOc1ccccc1/C=C1/C(=O)NN(c2ccc(Cl)cc2)C1=O. The second-order valence-electron chi connectivity index (χ2n) is 5.50. The van der Waals surface area contributed by atoms with Crippen molar-refractivity contribution in [3.8, 4) is 5.75 Å². The van der Waals surface area contributed by atoms with E-state index >= 15 is 0 Å². The van der Waals surface area contributed by atoms with E-state index in [1.54, 1.807) is 30.3 Å². The van der Waals surface area contributed by atoms with Crippen LogP contribution >= 0.6 is 11.6 Å². The molecule has 128 valence electrons. The lowest BCUT2D eigenvalue weighted by molar-refractivity contribution is -0.117. The third kappa shape index (κ3) is 3.67. The number of hydrogen-bond donors (Lipinski definition) is 1. The number of nitrogens with one attached hydrogen (secondary N) is 1. The van der Waals surface area contributed by atoms with E-state index in [1.807, 2.05) is 31.2 Å². The van der Waals surface area contributed by atoms with Gasteiger partial charge in [-0.25, -0.2) is 5.01 Å². The normalized spacial score (nSPS) is 15.6. The van der Waals surface area contributed by atoms with Gasteiger partial charge < -0.3 is 4.74 Å². The molecule has 1 aliphatic rings. The molecule has 5 nitrogen and oxygen atoms in total. The summed E-state index contributed by atoms with van der Waals surface area (Å²) in [5, 5.41) is 1.76. The van der Waals surface area contributed by atoms with Crippen molar-refractivity contribution in [2.75, 3.05) is 11.6 Å². The highest BCUT2D eigenvalue weighted by Gasteiger charge is 2.34. The van der Waals surface area contributed by atoms with Crippen LogP contribution in [0.2, 0.25) is 5.02 Å². The van der Waals surface area contributed by atoms with Gasteiger partial charge in [0, 0.05) is 10.6 Å². The van der Waals surface area contributed by atoms with Gasteiger partial charge >= 0.3 is 0 Å². The highest BCUT2D eigenvalue weighted by Crippen LogP contribution is 2.26. The highest BCUT2D eigenvalue weighted by molar-refractivity contribution is 6.32. The number of hydrazine groups is 1. The molecule has 0 aromatic heterocycles. The zero-order valence-electron chi connectivity index (χ0n) is 13.7. The molecule has 2 amide bonds. The summed E-state index contributed by atoms with van der Waals surface area (Å²) >= 11 is 5.86. The molecule has 2 aromatic rings. The van der Waals surface area contributed by atoms with E-state index < -0.39 is 11.8 Å². The lowest BCUT2D eigenvalue weighted by Gasteiger charge is -2.14. The van der Waals surface area contributed by atoms with Crippen LogP contribution in [0.5, 0.6) is 5.75 Å². The summed E-state index contributed by atoms with van der Waals surface area (Å²) in [4.78, 5) is 24.9. The Bertz CT molecular complexity index is 831. The topological polar surface area (TPSA) is 58.6 Å². The van der Waals surface area contributed by atoms with E-state index in [1.165, 1.54) is 5.01 Å². The van der Waals surface area contributed by atoms with Crippen LogP contribution in [0.15, 0.2) is 54.1 Å². The first-order chi connectivity index (χ1) is 12.1. The maximum atomic E-state index is 12.6. The standard InChI is InChI=1S/C19H17ClN2O3/c1-2-11-25-17-6-4-3-5-13(17)12-16-18(23)21-22(19(16)24)15-9-7-14(20)8-10-15/h3-10,12H,2,11H2,1H3,(H,21,23)/b16-12-. The summed E-state index contributed by atoms with van der Waals surface area (Å²) in [6.45, 7) is 2.58. The van der Waals surface area contributed by atoms with Crippen LogP contribution in [-0.4, -0.2) is 18.4 Å². The van der Waals surface area contributed by atoms with Gasteiger partial charge in [0.15, 0.2) is 0 Å². The number of rotatable bonds is 5. The van der Waals surface area contributed by atoms with E-state index in [0.717, 1.165) is 6.42 Å². The van der Waals surface area contributed by atoms with Crippen LogP contribution in [-0.2, 0) is 9.59 Å². The quantitative estimate of drug-likeness (QED) is 0.658. The molecular formula is C19H17ClN2O3. The molecule has 25 heavy (non-hydrogen) atoms. The van der Waals surface area contributed by atoms with Crippen molar-refractivity contribution >= 4 is 35.2 Å². The maximum Gasteiger partial charge on any atom is 0.282 e. The van der Waals surface area contributed by atoms with Gasteiger partial charge in [-0.1, -0.05) is 36.7 Å². The number of halogens is 1. The average Bonchev–Trinajstić information content (AvgIpc) is 2.90. The predicted octanol–water partition coefficient (Wildman–Crippen LogP) is 3.59. The average molecular weight is 357 g/mol. The summed E-state index contributed by atoms with van der Waals surface area (Å²) in [5.74, 6) is -0.231. The molecular weight excluding hydrogens is 340 g/mol. The van der Waals surface area contributed by atoms with Crippen molar-refractivity contribution in [2.45, 2.75) is 13.3 Å². The Morgan fingerprint density at radius 2 is 1.84 bits per heavy atom. The Balaban J connectivity index is 1.90. The first-order valence-electron chi connectivity index (χ1n) is 7.94. The zero-order chi connectivity index (χ0) is 17.8.